The van der Waals surface area contributed by atoms with Crippen LogP contribution in [0.2, 0.25) is 0 Å². The highest BCUT2D eigenvalue weighted by molar-refractivity contribution is 5.76. The van der Waals surface area contributed by atoms with Crippen LogP contribution in [0.4, 0.5) is 0 Å². The van der Waals surface area contributed by atoms with E-state index in [1.807, 2.05) is 0 Å². The minimum absolute atomic E-state index is 0.00656. The highest BCUT2D eigenvalue weighted by Crippen LogP contribution is 2.19. The molecule has 0 saturated heterocycles. The second-order valence-corrected chi connectivity index (χ2v) is 23.9. The van der Waals surface area contributed by atoms with Gasteiger partial charge in [-0.05, 0) is 57.8 Å². The van der Waals surface area contributed by atoms with Gasteiger partial charge in [-0.3, -0.25) is 9.59 Å². The average molecular weight is 1070 g/mol. The van der Waals surface area contributed by atoms with E-state index in [9.17, 15) is 19.8 Å². The fraction of sp³-hybridized carbons (Fsp3) is 0.914. The summed E-state index contributed by atoms with van der Waals surface area (Å²) < 4.78 is 5.49. The van der Waals surface area contributed by atoms with Gasteiger partial charge < -0.3 is 20.3 Å². The molecule has 0 bridgehead atoms. The molecule has 450 valence electrons. The van der Waals surface area contributed by atoms with Crippen molar-refractivity contribution in [2.24, 2.45) is 0 Å². The maximum absolute atomic E-state index is 12.5. The van der Waals surface area contributed by atoms with Gasteiger partial charge in [0.05, 0.1) is 25.4 Å². The van der Waals surface area contributed by atoms with Crippen LogP contribution in [0.5, 0.6) is 0 Å². The fourth-order valence-corrected chi connectivity index (χ4v) is 11.0. The molecule has 0 spiro atoms. The van der Waals surface area contributed by atoms with E-state index in [4.69, 9.17) is 4.74 Å². The Balaban J connectivity index is 3.32. The fourth-order valence-electron chi connectivity index (χ4n) is 11.0. The Morgan fingerprint density at radius 2 is 0.658 bits per heavy atom. The highest BCUT2D eigenvalue weighted by atomic mass is 16.5. The lowest BCUT2D eigenvalue weighted by molar-refractivity contribution is -0.143. The molecular formula is C70H135NO5. The number of carbonyl (C=O) groups excluding carboxylic acids is 2. The van der Waals surface area contributed by atoms with Crippen LogP contribution in [0.3, 0.4) is 0 Å². The number of esters is 1. The predicted octanol–water partition coefficient (Wildman–Crippen LogP) is 22.1. The first-order chi connectivity index (χ1) is 37.5. The molecule has 2 atom stereocenters. The van der Waals surface area contributed by atoms with Crippen molar-refractivity contribution in [2.75, 3.05) is 13.2 Å². The van der Waals surface area contributed by atoms with Gasteiger partial charge in [0.1, 0.15) is 0 Å². The molecule has 0 fully saturated rings. The zero-order chi connectivity index (χ0) is 55.0. The Bertz CT molecular complexity index is 1190. The molecular weight excluding hydrogens is 935 g/mol. The molecule has 0 rings (SSSR count). The molecule has 0 aromatic carbocycles. The number of unbranched alkanes of at least 4 members (excludes halogenated alkanes) is 50. The first-order valence-electron chi connectivity index (χ1n) is 34.6. The molecule has 6 nitrogen and oxygen atoms in total. The van der Waals surface area contributed by atoms with Crippen LogP contribution in [0.25, 0.3) is 0 Å². The molecule has 0 aliphatic carbocycles. The van der Waals surface area contributed by atoms with Gasteiger partial charge in [-0.1, -0.05) is 340 Å². The number of nitrogens with one attached hydrogen (secondary N) is 1. The van der Waals surface area contributed by atoms with E-state index >= 15 is 0 Å². The minimum Gasteiger partial charge on any atom is -0.466 e. The average Bonchev–Trinajstić information content (AvgIpc) is 3.42. The third-order valence-electron chi connectivity index (χ3n) is 16.3. The summed E-state index contributed by atoms with van der Waals surface area (Å²) >= 11 is 0. The van der Waals surface area contributed by atoms with Gasteiger partial charge in [0.15, 0.2) is 0 Å². The van der Waals surface area contributed by atoms with Crippen molar-refractivity contribution in [3.63, 3.8) is 0 Å². The highest BCUT2D eigenvalue weighted by Gasteiger charge is 2.20. The van der Waals surface area contributed by atoms with Crippen molar-refractivity contribution in [3.05, 3.63) is 24.3 Å². The molecule has 6 heteroatoms. The summed E-state index contributed by atoms with van der Waals surface area (Å²) in [5.74, 6) is -0.0222. The summed E-state index contributed by atoms with van der Waals surface area (Å²) in [4.78, 5) is 24.6. The van der Waals surface area contributed by atoms with Crippen molar-refractivity contribution in [1.29, 1.82) is 0 Å². The lowest BCUT2D eigenvalue weighted by Gasteiger charge is -2.22. The van der Waals surface area contributed by atoms with Crippen LogP contribution in [0.1, 0.15) is 386 Å². The number of allylic oxidation sites excluding steroid dienone is 4. The van der Waals surface area contributed by atoms with Gasteiger partial charge in [-0.15, -0.1) is 0 Å². The summed E-state index contributed by atoms with van der Waals surface area (Å²) in [5, 5.41) is 23.3. The summed E-state index contributed by atoms with van der Waals surface area (Å²) in [6.07, 6.45) is 82.3. The Hall–Kier alpha value is -1.66. The Labute approximate surface area is 475 Å². The summed E-state index contributed by atoms with van der Waals surface area (Å²) in [5.41, 5.74) is 0. The molecule has 0 heterocycles. The molecule has 2 unspecified atom stereocenters. The van der Waals surface area contributed by atoms with Gasteiger partial charge in [-0.2, -0.15) is 0 Å². The van der Waals surface area contributed by atoms with E-state index in [1.165, 1.54) is 302 Å². The molecule has 0 radical (unpaired) electrons. The maximum atomic E-state index is 12.5. The molecule has 76 heavy (non-hydrogen) atoms. The number of hydrogen-bond donors (Lipinski definition) is 3. The topological polar surface area (TPSA) is 95.9 Å². The van der Waals surface area contributed by atoms with Crippen LogP contribution in [0, 0.1) is 0 Å². The number of rotatable bonds is 65. The summed E-state index contributed by atoms with van der Waals surface area (Å²) in [7, 11) is 0. The first kappa shape index (κ1) is 74.3. The molecule has 1 amide bonds. The number of amides is 1. The number of ether oxygens (including phenoxy) is 1. The van der Waals surface area contributed by atoms with E-state index < -0.39 is 12.1 Å². The van der Waals surface area contributed by atoms with Crippen LogP contribution in [-0.4, -0.2) is 47.4 Å². The van der Waals surface area contributed by atoms with Gasteiger partial charge in [0.2, 0.25) is 5.91 Å². The number of hydrogen-bond acceptors (Lipinski definition) is 5. The molecule has 0 aliphatic rings. The summed E-state index contributed by atoms with van der Waals surface area (Å²) in [6, 6.07) is -0.538. The largest absolute Gasteiger partial charge is 0.466 e. The molecule has 0 aromatic rings. The van der Waals surface area contributed by atoms with Gasteiger partial charge in [-0.25, -0.2) is 0 Å². The van der Waals surface area contributed by atoms with E-state index in [0.717, 1.165) is 51.4 Å². The van der Waals surface area contributed by atoms with Gasteiger partial charge >= 0.3 is 5.97 Å². The second-order valence-electron chi connectivity index (χ2n) is 23.9. The van der Waals surface area contributed by atoms with E-state index in [-0.39, 0.29) is 18.5 Å². The van der Waals surface area contributed by atoms with Crippen molar-refractivity contribution < 1.29 is 24.5 Å². The van der Waals surface area contributed by atoms with Crippen molar-refractivity contribution in [3.8, 4) is 0 Å². The zero-order valence-electron chi connectivity index (χ0n) is 51.5. The summed E-state index contributed by atoms with van der Waals surface area (Å²) in [6.45, 7) is 4.95. The van der Waals surface area contributed by atoms with Crippen LogP contribution in [0.15, 0.2) is 24.3 Å². The predicted molar refractivity (Wildman–Crippen MR) is 333 cm³/mol. The van der Waals surface area contributed by atoms with E-state index in [0.29, 0.717) is 25.9 Å². The molecule has 0 aliphatic heterocycles. The standard InChI is InChI=1S/C70H135NO5/c1-3-5-7-9-11-13-15-17-35-40-44-48-52-56-60-64-70(75)76-65-61-57-53-49-45-41-37-34-32-30-28-26-24-22-20-19-21-23-25-27-29-31-33-36-39-43-47-51-55-59-63-69(74)71-67(66-72)68(73)62-58-54-50-46-42-38-18-16-14-12-10-8-6-4-2/h11,13,17,35,67-68,72-73H,3-10,12,14-16,18-34,36-66H2,1-2H3,(H,71,74)/b13-11-,35-17-. The number of aliphatic hydroxyl groups excluding tert-OH is 2. The number of aliphatic hydroxyl groups is 2. The lowest BCUT2D eigenvalue weighted by atomic mass is 10.0. The zero-order valence-corrected chi connectivity index (χ0v) is 51.5. The second kappa shape index (κ2) is 65.9. The van der Waals surface area contributed by atoms with E-state index in [1.54, 1.807) is 0 Å². The van der Waals surface area contributed by atoms with Crippen LogP contribution in [-0.2, 0) is 14.3 Å². The van der Waals surface area contributed by atoms with E-state index in [2.05, 4.69) is 43.5 Å². The molecule has 3 N–H and O–H groups in total. The Morgan fingerprint density at radius 1 is 0.368 bits per heavy atom. The SMILES string of the molecule is CCCCC/C=C\C/C=C\CCCCCCCC(=O)OCCCCCCCCCCCCCCCCCCCCCCCCCCCCCCCCC(=O)NC(CO)C(O)CCCCCCCCCCCCCCCC. The van der Waals surface area contributed by atoms with Crippen molar-refractivity contribution >= 4 is 11.9 Å². The quantitative estimate of drug-likeness (QED) is 0.0320. The van der Waals surface area contributed by atoms with Gasteiger partial charge in [0.25, 0.3) is 0 Å². The number of carbonyl (C=O) groups is 2. The maximum Gasteiger partial charge on any atom is 0.305 e. The van der Waals surface area contributed by atoms with Crippen LogP contribution < -0.4 is 5.32 Å². The third kappa shape index (κ3) is 61.6. The smallest absolute Gasteiger partial charge is 0.305 e. The monoisotopic (exact) mass is 1070 g/mol. The Morgan fingerprint density at radius 3 is 1.03 bits per heavy atom. The normalized spacial score (nSPS) is 12.6. The molecule has 0 aromatic heterocycles. The van der Waals surface area contributed by atoms with Crippen molar-refractivity contribution in [2.45, 2.75) is 398 Å². The Kier molecular flexibility index (Phi) is 64.4. The minimum atomic E-state index is -0.661. The van der Waals surface area contributed by atoms with Crippen LogP contribution >= 0.6 is 0 Å². The van der Waals surface area contributed by atoms with Gasteiger partial charge in [0, 0.05) is 12.8 Å². The van der Waals surface area contributed by atoms with Crippen molar-refractivity contribution in [1.82, 2.24) is 5.32 Å². The lowest BCUT2D eigenvalue weighted by Crippen LogP contribution is -2.45. The third-order valence-corrected chi connectivity index (χ3v) is 16.3. The first-order valence-corrected chi connectivity index (χ1v) is 34.6. The molecule has 0 saturated carbocycles.